The minimum atomic E-state index is -4.13. The Morgan fingerprint density at radius 3 is 2.28 bits per heavy atom. The fourth-order valence-electron chi connectivity index (χ4n) is 2.09. The first-order valence-corrected chi connectivity index (χ1v) is 9.08. The maximum atomic E-state index is 12.0. The number of carboxylic acid groups (broad SMARTS) is 1. The average molecular weight is 299 g/mol. The molecule has 7 nitrogen and oxygen atoms in total. The van der Waals surface area contributed by atoms with Crippen LogP contribution in [0.3, 0.4) is 0 Å². The summed E-state index contributed by atoms with van der Waals surface area (Å²) in [6.07, 6.45) is 2.14. The Balaban J connectivity index is 3.16. The molecule has 1 saturated heterocycles. The Bertz CT molecular complexity index is 537. The van der Waals surface area contributed by atoms with Crippen molar-refractivity contribution in [3.63, 3.8) is 0 Å². The summed E-state index contributed by atoms with van der Waals surface area (Å²) in [6.45, 7) is 1.36. The van der Waals surface area contributed by atoms with E-state index in [9.17, 15) is 26.7 Å². The summed E-state index contributed by atoms with van der Waals surface area (Å²) in [7, 11) is -7.86. The number of carbonyl (C=O) groups is 1. The average Bonchev–Trinajstić information content (AvgIpc) is 2.13. The quantitative estimate of drug-likeness (QED) is 0.760. The van der Waals surface area contributed by atoms with Crippen molar-refractivity contribution >= 4 is 25.8 Å². The van der Waals surface area contributed by atoms with E-state index in [1.807, 2.05) is 0 Å². The van der Waals surface area contributed by atoms with Crippen molar-refractivity contribution in [3.8, 4) is 0 Å². The van der Waals surface area contributed by atoms with Crippen LogP contribution in [-0.2, 0) is 24.7 Å². The second kappa shape index (κ2) is 4.78. The van der Waals surface area contributed by atoms with Crippen LogP contribution in [0.1, 0.15) is 26.2 Å². The number of hydrogen-bond donors (Lipinski definition) is 1. The summed E-state index contributed by atoms with van der Waals surface area (Å²) in [4.78, 5) is 11.2. The molecule has 9 heteroatoms. The lowest BCUT2D eigenvalue weighted by atomic mass is 9.91. The Hall–Kier alpha value is -0.670. The van der Waals surface area contributed by atoms with E-state index in [2.05, 4.69) is 0 Å². The molecule has 1 N–H and O–H groups in total. The number of aliphatic carboxylic acids is 1. The Morgan fingerprint density at radius 2 is 1.83 bits per heavy atom. The maximum absolute atomic E-state index is 12.0. The lowest BCUT2D eigenvalue weighted by molar-refractivity contribution is -0.149. The fourth-order valence-corrected chi connectivity index (χ4v) is 5.95. The van der Waals surface area contributed by atoms with Crippen molar-refractivity contribution in [2.45, 2.75) is 31.7 Å². The van der Waals surface area contributed by atoms with Crippen LogP contribution in [-0.4, -0.2) is 55.6 Å². The molecule has 1 rings (SSSR count). The molecule has 0 bridgehead atoms. The van der Waals surface area contributed by atoms with Crippen molar-refractivity contribution in [1.29, 1.82) is 0 Å². The summed E-state index contributed by atoms with van der Waals surface area (Å²) >= 11 is 0. The Labute approximate surface area is 107 Å². The van der Waals surface area contributed by atoms with Crippen LogP contribution in [0, 0.1) is 0 Å². The van der Waals surface area contributed by atoms with Crippen LogP contribution >= 0.6 is 0 Å². The van der Waals surface area contributed by atoms with Gasteiger partial charge in [0.25, 0.3) is 0 Å². The second-order valence-electron chi connectivity index (χ2n) is 4.76. The smallest absolute Gasteiger partial charge is 0.324 e. The third kappa shape index (κ3) is 3.21. The monoisotopic (exact) mass is 299 g/mol. The number of nitrogens with zero attached hydrogens (tertiary/aromatic N) is 1. The van der Waals surface area contributed by atoms with Gasteiger partial charge in [-0.15, -0.1) is 0 Å². The van der Waals surface area contributed by atoms with E-state index in [0.717, 1.165) is 10.6 Å². The van der Waals surface area contributed by atoms with Crippen LogP contribution in [0.15, 0.2) is 0 Å². The van der Waals surface area contributed by atoms with Crippen molar-refractivity contribution in [2.24, 2.45) is 0 Å². The van der Waals surface area contributed by atoms with Gasteiger partial charge < -0.3 is 5.11 Å². The fraction of sp³-hybridized carbons (Fsp3) is 0.889. The van der Waals surface area contributed by atoms with Crippen molar-refractivity contribution in [1.82, 2.24) is 4.31 Å². The van der Waals surface area contributed by atoms with Crippen molar-refractivity contribution in [3.05, 3.63) is 0 Å². The SMILES string of the molecule is CC1(C(=O)O)CCCCN1S(=O)(=O)CS(C)(=O)=O. The van der Waals surface area contributed by atoms with Crippen LogP contribution in [0.25, 0.3) is 0 Å². The van der Waals surface area contributed by atoms with Crippen LogP contribution in [0.2, 0.25) is 0 Å². The third-order valence-electron chi connectivity index (χ3n) is 2.98. The zero-order valence-electron chi connectivity index (χ0n) is 10.3. The summed E-state index contributed by atoms with van der Waals surface area (Å²) in [5.74, 6) is -1.25. The molecule has 0 aliphatic carbocycles. The first kappa shape index (κ1) is 15.4. The summed E-state index contributed by atoms with van der Waals surface area (Å²) in [5.41, 5.74) is -1.55. The highest BCUT2D eigenvalue weighted by Gasteiger charge is 2.47. The maximum Gasteiger partial charge on any atom is 0.324 e. The second-order valence-corrected chi connectivity index (χ2v) is 9.16. The number of hydrogen-bond acceptors (Lipinski definition) is 5. The molecule has 0 saturated carbocycles. The van der Waals surface area contributed by atoms with E-state index < -0.39 is 36.5 Å². The number of sulfonamides is 1. The van der Waals surface area contributed by atoms with Gasteiger partial charge in [0, 0.05) is 12.8 Å². The van der Waals surface area contributed by atoms with E-state index in [0.29, 0.717) is 12.8 Å². The molecule has 0 aromatic rings. The molecule has 1 fully saturated rings. The molecular weight excluding hydrogens is 282 g/mol. The van der Waals surface area contributed by atoms with E-state index >= 15 is 0 Å². The van der Waals surface area contributed by atoms with Crippen LogP contribution < -0.4 is 0 Å². The minimum Gasteiger partial charge on any atom is -0.480 e. The Morgan fingerprint density at radius 1 is 1.28 bits per heavy atom. The molecule has 1 heterocycles. The van der Waals surface area contributed by atoms with Crippen molar-refractivity contribution in [2.75, 3.05) is 17.9 Å². The standard InChI is InChI=1S/C9H17NO6S2/c1-9(8(11)12)5-3-4-6-10(9)18(15,16)7-17(2,13)14/h3-7H2,1-2H3,(H,11,12). The molecule has 18 heavy (non-hydrogen) atoms. The van der Waals surface area contributed by atoms with Gasteiger partial charge in [-0.1, -0.05) is 0 Å². The van der Waals surface area contributed by atoms with Crippen molar-refractivity contribution < 1.29 is 26.7 Å². The predicted molar refractivity (Wildman–Crippen MR) is 65.2 cm³/mol. The summed E-state index contributed by atoms with van der Waals surface area (Å²) in [5, 5.41) is 8.12. The molecular formula is C9H17NO6S2. The summed E-state index contributed by atoms with van der Waals surface area (Å²) < 4.78 is 47.1. The van der Waals surface area contributed by atoms with Gasteiger partial charge >= 0.3 is 5.97 Å². The molecule has 1 aliphatic rings. The van der Waals surface area contributed by atoms with Gasteiger partial charge in [0.2, 0.25) is 10.0 Å². The largest absolute Gasteiger partial charge is 0.480 e. The third-order valence-corrected chi connectivity index (χ3v) is 7.15. The molecule has 0 radical (unpaired) electrons. The molecule has 106 valence electrons. The minimum absolute atomic E-state index is 0.0423. The van der Waals surface area contributed by atoms with Gasteiger partial charge in [-0.05, 0) is 26.2 Å². The molecule has 0 amide bonds. The normalized spacial score (nSPS) is 27.0. The first-order valence-electron chi connectivity index (χ1n) is 5.41. The lowest BCUT2D eigenvalue weighted by Crippen LogP contribution is -2.58. The summed E-state index contributed by atoms with van der Waals surface area (Å²) in [6, 6.07) is 0. The number of rotatable bonds is 4. The highest BCUT2D eigenvalue weighted by atomic mass is 32.3. The van der Waals surface area contributed by atoms with E-state index in [1.54, 1.807) is 0 Å². The highest BCUT2D eigenvalue weighted by molar-refractivity contribution is 8.06. The molecule has 0 spiro atoms. The predicted octanol–water partition coefficient (Wildman–Crippen LogP) is -0.352. The van der Waals surface area contributed by atoms with Gasteiger partial charge in [0.1, 0.15) is 5.54 Å². The van der Waals surface area contributed by atoms with E-state index in [-0.39, 0.29) is 13.0 Å². The molecule has 0 aromatic heterocycles. The molecule has 1 unspecified atom stereocenters. The van der Waals surface area contributed by atoms with Crippen LogP contribution in [0.5, 0.6) is 0 Å². The topological polar surface area (TPSA) is 109 Å². The van der Waals surface area contributed by atoms with Gasteiger partial charge in [0.15, 0.2) is 14.9 Å². The molecule has 1 aliphatic heterocycles. The Kier molecular flexibility index (Phi) is 4.09. The van der Waals surface area contributed by atoms with E-state index in [4.69, 9.17) is 0 Å². The zero-order chi connectivity index (χ0) is 14.2. The first-order chi connectivity index (χ1) is 7.99. The number of carboxylic acids is 1. The zero-order valence-corrected chi connectivity index (χ0v) is 11.9. The number of sulfone groups is 1. The molecule has 0 aromatic carbocycles. The van der Waals surface area contributed by atoms with E-state index in [1.165, 1.54) is 6.92 Å². The van der Waals surface area contributed by atoms with Crippen LogP contribution in [0.4, 0.5) is 0 Å². The van der Waals surface area contributed by atoms with Gasteiger partial charge in [-0.25, -0.2) is 16.8 Å². The molecule has 1 atom stereocenters. The highest BCUT2D eigenvalue weighted by Crippen LogP contribution is 2.31. The van der Waals surface area contributed by atoms with Gasteiger partial charge in [-0.3, -0.25) is 4.79 Å². The van der Waals surface area contributed by atoms with Gasteiger partial charge in [0.05, 0.1) is 0 Å². The lowest BCUT2D eigenvalue weighted by Gasteiger charge is -2.40. The number of piperidine rings is 1. The van der Waals surface area contributed by atoms with Gasteiger partial charge in [-0.2, -0.15) is 4.31 Å².